The summed E-state index contributed by atoms with van der Waals surface area (Å²) >= 11 is 0. The Morgan fingerprint density at radius 1 is 1.24 bits per heavy atom. The van der Waals surface area contributed by atoms with Gasteiger partial charge in [0, 0.05) is 53.5 Å². The van der Waals surface area contributed by atoms with Gasteiger partial charge in [-0.05, 0) is 26.0 Å². The minimum atomic E-state index is -0.0906. The fourth-order valence-electron chi connectivity index (χ4n) is 2.44. The van der Waals surface area contributed by atoms with Gasteiger partial charge in [-0.2, -0.15) is 0 Å². The quantitative estimate of drug-likeness (QED) is 0.749. The number of nitrogens with zero attached hydrogens (tertiary/aromatic N) is 3. The number of hydrogen-bond acceptors (Lipinski definition) is 4. The molecule has 2 N–H and O–H groups in total. The average Bonchev–Trinajstić information content (AvgIpc) is 2.86. The van der Waals surface area contributed by atoms with Gasteiger partial charge in [0.1, 0.15) is 0 Å². The van der Waals surface area contributed by atoms with Crippen LogP contribution in [0.5, 0.6) is 0 Å². The lowest BCUT2D eigenvalue weighted by Gasteiger charge is -2.08. The summed E-state index contributed by atoms with van der Waals surface area (Å²) in [7, 11) is 0. The van der Waals surface area contributed by atoms with Crippen LogP contribution in [-0.2, 0) is 0 Å². The van der Waals surface area contributed by atoms with Crippen LogP contribution in [0.1, 0.15) is 35.8 Å². The second kappa shape index (κ2) is 5.01. The monoisotopic (exact) mass is 280 g/mol. The fraction of sp³-hybridized carbons (Fsp3) is 0.188. The minimum Gasteiger partial charge on any atom is -0.397 e. The first-order valence-electron chi connectivity index (χ1n) is 6.77. The van der Waals surface area contributed by atoms with Crippen molar-refractivity contribution in [1.29, 1.82) is 0 Å². The molecule has 5 nitrogen and oxygen atoms in total. The standard InChI is InChI=1S/C16H16N4O/c1-10(2)20-9-14(13-8-18-4-3-15(13)20)16(21)11-5-12(17)7-19-6-11/h3-10H,17H2,1-2H3. The Balaban J connectivity index is 2.19. The summed E-state index contributed by atoms with van der Waals surface area (Å²) in [5.74, 6) is -0.0906. The molecule has 0 radical (unpaired) electrons. The summed E-state index contributed by atoms with van der Waals surface area (Å²) in [4.78, 5) is 20.8. The van der Waals surface area contributed by atoms with Crippen molar-refractivity contribution in [1.82, 2.24) is 14.5 Å². The third-order valence-electron chi connectivity index (χ3n) is 3.46. The van der Waals surface area contributed by atoms with Crippen molar-refractivity contribution in [3.8, 4) is 0 Å². The van der Waals surface area contributed by atoms with E-state index in [1.807, 2.05) is 12.3 Å². The number of pyridine rings is 2. The largest absolute Gasteiger partial charge is 0.397 e. The van der Waals surface area contributed by atoms with Crippen LogP contribution in [0.3, 0.4) is 0 Å². The van der Waals surface area contributed by atoms with E-state index in [2.05, 4.69) is 28.4 Å². The van der Waals surface area contributed by atoms with E-state index in [9.17, 15) is 4.79 Å². The molecule has 0 saturated carbocycles. The van der Waals surface area contributed by atoms with Gasteiger partial charge in [0.2, 0.25) is 0 Å². The van der Waals surface area contributed by atoms with Crippen molar-refractivity contribution >= 4 is 22.4 Å². The molecule has 0 amide bonds. The van der Waals surface area contributed by atoms with Crippen molar-refractivity contribution < 1.29 is 4.79 Å². The zero-order valence-electron chi connectivity index (χ0n) is 11.9. The Hall–Kier alpha value is -2.69. The highest BCUT2D eigenvalue weighted by atomic mass is 16.1. The van der Waals surface area contributed by atoms with Crippen molar-refractivity contribution in [2.45, 2.75) is 19.9 Å². The molecule has 0 fully saturated rings. The van der Waals surface area contributed by atoms with E-state index in [1.165, 1.54) is 12.4 Å². The van der Waals surface area contributed by atoms with Crippen LogP contribution in [0, 0.1) is 0 Å². The van der Waals surface area contributed by atoms with E-state index >= 15 is 0 Å². The normalized spacial score (nSPS) is 11.2. The maximum atomic E-state index is 12.7. The molecule has 0 spiro atoms. The molecular formula is C16H16N4O. The number of rotatable bonds is 3. The lowest BCUT2D eigenvalue weighted by molar-refractivity contribution is 0.103. The Morgan fingerprint density at radius 3 is 2.76 bits per heavy atom. The smallest absolute Gasteiger partial charge is 0.196 e. The van der Waals surface area contributed by atoms with E-state index in [-0.39, 0.29) is 11.8 Å². The summed E-state index contributed by atoms with van der Waals surface area (Å²) in [5, 5.41) is 0.846. The fourth-order valence-corrected chi connectivity index (χ4v) is 2.44. The van der Waals surface area contributed by atoms with Crippen molar-refractivity contribution in [3.63, 3.8) is 0 Å². The number of fused-ring (bicyclic) bond motifs is 1. The number of carbonyl (C=O) groups is 1. The summed E-state index contributed by atoms with van der Waals surface area (Å²) in [6, 6.07) is 3.82. The van der Waals surface area contributed by atoms with Gasteiger partial charge in [0.15, 0.2) is 5.78 Å². The highest BCUT2D eigenvalue weighted by Gasteiger charge is 2.18. The molecule has 3 aromatic heterocycles. The topological polar surface area (TPSA) is 73.8 Å². The van der Waals surface area contributed by atoms with Gasteiger partial charge in [0.05, 0.1) is 11.2 Å². The van der Waals surface area contributed by atoms with Crippen molar-refractivity contribution in [3.05, 3.63) is 54.2 Å². The Kier molecular flexibility index (Phi) is 3.17. The molecule has 0 unspecified atom stereocenters. The maximum Gasteiger partial charge on any atom is 0.196 e. The SMILES string of the molecule is CC(C)n1cc(C(=O)c2cncc(N)c2)c2cnccc21. The molecule has 0 aliphatic rings. The number of nitrogens with two attached hydrogens (primary N) is 1. The molecule has 3 aromatic rings. The molecular weight excluding hydrogens is 264 g/mol. The number of ketones is 1. The molecule has 5 heteroatoms. The van der Waals surface area contributed by atoms with E-state index in [0.29, 0.717) is 16.8 Å². The predicted octanol–water partition coefficient (Wildman–Crippen LogP) is 2.83. The minimum absolute atomic E-state index is 0.0906. The zero-order valence-corrected chi connectivity index (χ0v) is 11.9. The first-order chi connectivity index (χ1) is 10.1. The first-order valence-corrected chi connectivity index (χ1v) is 6.77. The first kappa shape index (κ1) is 13.3. The molecule has 3 rings (SSSR count). The van der Waals surface area contributed by atoms with Crippen molar-refractivity contribution in [2.24, 2.45) is 0 Å². The van der Waals surface area contributed by atoms with Crippen LogP contribution < -0.4 is 5.73 Å². The second-order valence-corrected chi connectivity index (χ2v) is 5.27. The number of nitrogen functional groups attached to an aromatic ring is 1. The number of anilines is 1. The van der Waals surface area contributed by atoms with E-state index in [0.717, 1.165) is 10.9 Å². The van der Waals surface area contributed by atoms with Crippen LogP contribution in [0.25, 0.3) is 10.9 Å². The summed E-state index contributed by atoms with van der Waals surface area (Å²) in [6.07, 6.45) is 8.39. The molecule has 0 bridgehead atoms. The number of hydrogen-bond donors (Lipinski definition) is 1. The van der Waals surface area contributed by atoms with Gasteiger partial charge in [-0.1, -0.05) is 0 Å². The lowest BCUT2D eigenvalue weighted by atomic mass is 10.1. The maximum absolute atomic E-state index is 12.7. The highest BCUT2D eigenvalue weighted by Crippen LogP contribution is 2.26. The van der Waals surface area contributed by atoms with Crippen LogP contribution >= 0.6 is 0 Å². The molecule has 21 heavy (non-hydrogen) atoms. The molecule has 0 aromatic carbocycles. The number of carbonyl (C=O) groups excluding carboxylic acids is 1. The Bertz CT molecular complexity index is 820. The van der Waals surface area contributed by atoms with Crippen LogP contribution in [0.15, 0.2) is 43.1 Å². The van der Waals surface area contributed by atoms with E-state index in [1.54, 1.807) is 18.5 Å². The van der Waals surface area contributed by atoms with Gasteiger partial charge >= 0.3 is 0 Å². The van der Waals surface area contributed by atoms with E-state index in [4.69, 9.17) is 5.73 Å². The lowest BCUT2D eigenvalue weighted by Crippen LogP contribution is -2.03. The molecule has 106 valence electrons. The van der Waals surface area contributed by atoms with Gasteiger partial charge < -0.3 is 10.3 Å². The molecule has 0 saturated heterocycles. The Morgan fingerprint density at radius 2 is 2.05 bits per heavy atom. The molecule has 0 aliphatic carbocycles. The summed E-state index contributed by atoms with van der Waals surface area (Å²) < 4.78 is 2.07. The van der Waals surface area contributed by atoms with Crippen LogP contribution in [0.4, 0.5) is 5.69 Å². The molecule has 0 atom stereocenters. The third-order valence-corrected chi connectivity index (χ3v) is 3.46. The number of aromatic nitrogens is 3. The van der Waals surface area contributed by atoms with Crippen molar-refractivity contribution in [2.75, 3.05) is 5.73 Å². The van der Waals surface area contributed by atoms with Gasteiger partial charge in [0.25, 0.3) is 0 Å². The summed E-state index contributed by atoms with van der Waals surface area (Å²) in [6.45, 7) is 4.16. The molecule has 3 heterocycles. The third kappa shape index (κ3) is 2.27. The zero-order chi connectivity index (χ0) is 15.0. The van der Waals surface area contributed by atoms with Gasteiger partial charge in [-0.25, -0.2) is 0 Å². The highest BCUT2D eigenvalue weighted by molar-refractivity contribution is 6.16. The summed E-state index contributed by atoms with van der Waals surface area (Å²) in [5.41, 5.74) is 8.30. The average molecular weight is 280 g/mol. The second-order valence-electron chi connectivity index (χ2n) is 5.27. The predicted molar refractivity (Wildman–Crippen MR) is 82.2 cm³/mol. The van der Waals surface area contributed by atoms with E-state index < -0.39 is 0 Å². The van der Waals surface area contributed by atoms with Gasteiger partial charge in [-0.3, -0.25) is 14.8 Å². The molecule has 0 aliphatic heterocycles. The van der Waals surface area contributed by atoms with Gasteiger partial charge in [-0.15, -0.1) is 0 Å². The van der Waals surface area contributed by atoms with Crippen LogP contribution in [-0.4, -0.2) is 20.3 Å². The Labute approximate surface area is 122 Å². The van der Waals surface area contributed by atoms with Crippen LogP contribution in [0.2, 0.25) is 0 Å².